The van der Waals surface area contributed by atoms with E-state index in [1.807, 2.05) is 96.6 Å². The molecule has 180 valence electrons. The number of nitrogens with zero attached hydrogens (tertiary/aromatic N) is 3. The number of para-hydroxylation sites is 2. The summed E-state index contributed by atoms with van der Waals surface area (Å²) in [6.07, 6.45) is 1.06. The zero-order chi connectivity index (χ0) is 24.5. The maximum atomic E-state index is 13.9. The monoisotopic (exact) mass is 469 g/mol. The highest BCUT2D eigenvalue weighted by Crippen LogP contribution is 2.43. The first-order valence-electron chi connectivity index (χ1n) is 12.3. The van der Waals surface area contributed by atoms with Gasteiger partial charge in [-0.3, -0.25) is 9.59 Å². The lowest BCUT2D eigenvalue weighted by molar-refractivity contribution is -0.118. The first-order chi connectivity index (χ1) is 17.0. The molecule has 5 rings (SSSR count). The fourth-order valence-electron chi connectivity index (χ4n) is 5.22. The SMILES string of the molecule is CCC(=O)N(c1ccccc1)C1CC(C)N(C(=O)c2ccc3c(c2)OCCN3C)c2ccccc21. The van der Waals surface area contributed by atoms with Gasteiger partial charge in [-0.05, 0) is 55.3 Å². The van der Waals surface area contributed by atoms with Crippen LogP contribution in [0.25, 0.3) is 0 Å². The van der Waals surface area contributed by atoms with Gasteiger partial charge in [0, 0.05) is 36.4 Å². The van der Waals surface area contributed by atoms with Crippen LogP contribution >= 0.6 is 0 Å². The van der Waals surface area contributed by atoms with Gasteiger partial charge in [0.15, 0.2) is 0 Å². The zero-order valence-electron chi connectivity index (χ0n) is 20.5. The van der Waals surface area contributed by atoms with Crippen molar-refractivity contribution in [3.05, 3.63) is 83.9 Å². The van der Waals surface area contributed by atoms with E-state index in [9.17, 15) is 9.59 Å². The van der Waals surface area contributed by atoms with Crippen molar-refractivity contribution in [1.82, 2.24) is 0 Å². The van der Waals surface area contributed by atoms with Crippen molar-refractivity contribution in [2.45, 2.75) is 38.8 Å². The average molecular weight is 470 g/mol. The standard InChI is InChI=1S/C29H31N3O3/c1-4-28(33)32(22-10-6-5-7-11-22)26-18-20(2)31(24-13-9-8-12-23(24)26)29(34)21-14-15-25-27(19-21)35-17-16-30(25)3/h5-15,19-20,26H,4,16-18H2,1-3H3. The van der Waals surface area contributed by atoms with Crippen LogP contribution in [0.4, 0.5) is 17.1 Å². The van der Waals surface area contributed by atoms with Crippen molar-refractivity contribution >= 4 is 28.9 Å². The molecule has 6 heteroatoms. The normalized spacial score (nSPS) is 18.8. The van der Waals surface area contributed by atoms with Crippen LogP contribution in [-0.4, -0.2) is 38.1 Å². The summed E-state index contributed by atoms with van der Waals surface area (Å²) in [5, 5.41) is 0. The Morgan fingerprint density at radius 3 is 2.51 bits per heavy atom. The quantitative estimate of drug-likeness (QED) is 0.511. The lowest BCUT2D eigenvalue weighted by atomic mass is 9.89. The lowest BCUT2D eigenvalue weighted by Crippen LogP contribution is -2.47. The van der Waals surface area contributed by atoms with Gasteiger partial charge in [0.1, 0.15) is 12.4 Å². The first-order valence-corrected chi connectivity index (χ1v) is 12.3. The summed E-state index contributed by atoms with van der Waals surface area (Å²) in [7, 11) is 2.03. The van der Waals surface area contributed by atoms with Crippen molar-refractivity contribution in [3.63, 3.8) is 0 Å². The largest absolute Gasteiger partial charge is 0.490 e. The second kappa shape index (κ2) is 9.45. The van der Waals surface area contributed by atoms with Crippen LogP contribution in [0.5, 0.6) is 5.75 Å². The molecule has 0 fully saturated rings. The van der Waals surface area contributed by atoms with Crippen LogP contribution in [0, 0.1) is 0 Å². The van der Waals surface area contributed by atoms with E-state index in [2.05, 4.69) is 11.8 Å². The summed E-state index contributed by atoms with van der Waals surface area (Å²) in [5.74, 6) is 0.749. The predicted octanol–water partition coefficient (Wildman–Crippen LogP) is 5.44. The van der Waals surface area contributed by atoms with Crippen LogP contribution in [0.1, 0.15) is 48.7 Å². The van der Waals surface area contributed by atoms with E-state index in [0.717, 1.165) is 34.9 Å². The Balaban J connectivity index is 1.54. The van der Waals surface area contributed by atoms with Gasteiger partial charge in [0.2, 0.25) is 5.91 Å². The number of amides is 2. The summed E-state index contributed by atoms with van der Waals surface area (Å²) >= 11 is 0. The second-order valence-electron chi connectivity index (χ2n) is 9.24. The van der Waals surface area contributed by atoms with E-state index in [0.29, 0.717) is 25.0 Å². The Kier molecular flexibility index (Phi) is 6.20. The van der Waals surface area contributed by atoms with Crippen molar-refractivity contribution in [2.24, 2.45) is 0 Å². The molecular formula is C29H31N3O3. The molecule has 35 heavy (non-hydrogen) atoms. The number of hydrogen-bond donors (Lipinski definition) is 0. The highest BCUT2D eigenvalue weighted by Gasteiger charge is 2.38. The Morgan fingerprint density at radius 1 is 1.00 bits per heavy atom. The minimum absolute atomic E-state index is 0.0592. The molecule has 2 amide bonds. The number of fused-ring (bicyclic) bond motifs is 2. The number of carbonyl (C=O) groups excluding carboxylic acids is 2. The Bertz CT molecular complexity index is 1240. The summed E-state index contributed by atoms with van der Waals surface area (Å²) < 4.78 is 5.85. The van der Waals surface area contributed by atoms with Crippen LogP contribution in [0.15, 0.2) is 72.8 Å². The third kappa shape index (κ3) is 4.14. The molecule has 0 N–H and O–H groups in total. The molecule has 6 nitrogen and oxygen atoms in total. The third-order valence-corrected chi connectivity index (χ3v) is 7.00. The Morgan fingerprint density at radius 2 is 1.74 bits per heavy atom. The number of carbonyl (C=O) groups is 2. The number of likely N-dealkylation sites (N-methyl/N-ethyl adjacent to an activating group) is 1. The maximum absolute atomic E-state index is 13.9. The first kappa shape index (κ1) is 23.0. The highest BCUT2D eigenvalue weighted by molar-refractivity contribution is 6.08. The molecule has 0 aromatic heterocycles. The maximum Gasteiger partial charge on any atom is 0.258 e. The van der Waals surface area contributed by atoms with E-state index in [-0.39, 0.29) is 23.9 Å². The number of benzene rings is 3. The van der Waals surface area contributed by atoms with Gasteiger partial charge < -0.3 is 19.4 Å². The van der Waals surface area contributed by atoms with Gasteiger partial charge in [-0.25, -0.2) is 0 Å². The molecule has 2 heterocycles. The smallest absolute Gasteiger partial charge is 0.258 e. The minimum Gasteiger partial charge on any atom is -0.490 e. The van der Waals surface area contributed by atoms with Gasteiger partial charge in [-0.2, -0.15) is 0 Å². The van der Waals surface area contributed by atoms with Gasteiger partial charge in [-0.15, -0.1) is 0 Å². The van der Waals surface area contributed by atoms with Crippen molar-refractivity contribution in [1.29, 1.82) is 0 Å². The van der Waals surface area contributed by atoms with Crippen LogP contribution in [-0.2, 0) is 4.79 Å². The van der Waals surface area contributed by atoms with Crippen LogP contribution in [0.2, 0.25) is 0 Å². The van der Waals surface area contributed by atoms with Gasteiger partial charge in [0.25, 0.3) is 5.91 Å². The number of anilines is 3. The Hall–Kier alpha value is -3.80. The van der Waals surface area contributed by atoms with E-state index in [4.69, 9.17) is 4.74 Å². The number of hydrogen-bond acceptors (Lipinski definition) is 4. The molecule has 0 radical (unpaired) electrons. The van der Waals surface area contributed by atoms with Gasteiger partial charge in [-0.1, -0.05) is 43.3 Å². The molecule has 0 bridgehead atoms. The Labute approximate surface area is 206 Å². The molecule has 3 aromatic carbocycles. The van der Waals surface area contributed by atoms with E-state index in [1.165, 1.54) is 0 Å². The molecular weight excluding hydrogens is 438 g/mol. The molecule has 2 unspecified atom stereocenters. The molecule has 0 spiro atoms. The number of ether oxygens (including phenoxy) is 1. The van der Waals surface area contributed by atoms with Crippen molar-refractivity contribution in [2.75, 3.05) is 34.9 Å². The van der Waals surface area contributed by atoms with Gasteiger partial charge in [0.05, 0.1) is 18.3 Å². The van der Waals surface area contributed by atoms with Crippen LogP contribution in [0.3, 0.4) is 0 Å². The van der Waals surface area contributed by atoms with E-state index >= 15 is 0 Å². The summed E-state index contributed by atoms with van der Waals surface area (Å²) in [5.41, 5.74) is 4.31. The summed E-state index contributed by atoms with van der Waals surface area (Å²) in [6.45, 7) is 5.38. The predicted molar refractivity (Wildman–Crippen MR) is 139 cm³/mol. The van der Waals surface area contributed by atoms with Gasteiger partial charge >= 0.3 is 0 Å². The molecule has 0 saturated heterocycles. The highest BCUT2D eigenvalue weighted by atomic mass is 16.5. The van der Waals surface area contributed by atoms with Crippen molar-refractivity contribution < 1.29 is 14.3 Å². The van der Waals surface area contributed by atoms with E-state index in [1.54, 1.807) is 0 Å². The molecule has 2 aliphatic heterocycles. The molecule has 0 saturated carbocycles. The molecule has 2 aliphatic rings. The second-order valence-corrected chi connectivity index (χ2v) is 9.24. The summed E-state index contributed by atoms with van der Waals surface area (Å²) in [4.78, 5) is 32.9. The lowest BCUT2D eigenvalue weighted by Gasteiger charge is -2.43. The average Bonchev–Trinajstić information content (AvgIpc) is 2.89. The van der Waals surface area contributed by atoms with Crippen LogP contribution < -0.4 is 19.4 Å². The molecule has 0 aliphatic carbocycles. The molecule has 3 aromatic rings. The summed E-state index contributed by atoms with van der Waals surface area (Å²) in [6, 6.07) is 23.2. The van der Waals surface area contributed by atoms with E-state index < -0.39 is 0 Å². The topological polar surface area (TPSA) is 53.1 Å². The number of rotatable bonds is 4. The molecule has 2 atom stereocenters. The van der Waals surface area contributed by atoms with Crippen molar-refractivity contribution in [3.8, 4) is 5.75 Å². The third-order valence-electron chi connectivity index (χ3n) is 7.00. The fraction of sp³-hybridized carbons (Fsp3) is 0.310. The minimum atomic E-state index is -0.152. The zero-order valence-corrected chi connectivity index (χ0v) is 20.5. The fourth-order valence-corrected chi connectivity index (χ4v) is 5.22.